The number of rotatable bonds is 5. The SMILES string of the molecule is O=C(C[C@H]1SC(=O)N(Cc2cccc3ccccc23)C1=O)Nc1nccs1. The van der Waals surface area contributed by atoms with Gasteiger partial charge in [0.25, 0.3) is 5.24 Å². The fourth-order valence-corrected chi connectivity index (χ4v) is 4.53. The molecule has 3 aromatic rings. The van der Waals surface area contributed by atoms with Gasteiger partial charge in [-0.15, -0.1) is 11.3 Å². The molecular formula is C19H15N3O3S2. The Morgan fingerprint density at radius 3 is 2.78 bits per heavy atom. The van der Waals surface area contributed by atoms with E-state index in [1.54, 1.807) is 11.6 Å². The van der Waals surface area contributed by atoms with Gasteiger partial charge < -0.3 is 5.32 Å². The summed E-state index contributed by atoms with van der Waals surface area (Å²) in [5.41, 5.74) is 0.906. The maximum absolute atomic E-state index is 12.7. The molecule has 1 aromatic heterocycles. The lowest BCUT2D eigenvalue weighted by Crippen LogP contribution is -2.32. The summed E-state index contributed by atoms with van der Waals surface area (Å²) in [5.74, 6) is -0.650. The van der Waals surface area contributed by atoms with E-state index in [2.05, 4.69) is 10.3 Å². The number of nitrogens with zero attached hydrogens (tertiary/aromatic N) is 2. The normalized spacial score (nSPS) is 16.9. The molecule has 2 heterocycles. The van der Waals surface area contributed by atoms with Crippen molar-refractivity contribution in [2.45, 2.75) is 18.2 Å². The van der Waals surface area contributed by atoms with Gasteiger partial charge in [-0.3, -0.25) is 19.3 Å². The summed E-state index contributed by atoms with van der Waals surface area (Å²) in [7, 11) is 0. The Labute approximate surface area is 163 Å². The molecule has 136 valence electrons. The first-order valence-electron chi connectivity index (χ1n) is 8.30. The number of carbonyl (C=O) groups is 3. The number of hydrogen-bond donors (Lipinski definition) is 1. The largest absolute Gasteiger partial charge is 0.302 e. The van der Waals surface area contributed by atoms with Crippen LogP contribution in [0.3, 0.4) is 0 Å². The molecule has 0 bridgehead atoms. The number of fused-ring (bicyclic) bond motifs is 1. The number of thioether (sulfide) groups is 1. The van der Waals surface area contributed by atoms with Crippen LogP contribution in [-0.4, -0.2) is 32.2 Å². The van der Waals surface area contributed by atoms with Crippen molar-refractivity contribution in [3.8, 4) is 0 Å². The number of imide groups is 1. The molecule has 1 saturated heterocycles. The van der Waals surface area contributed by atoms with Crippen LogP contribution in [0.4, 0.5) is 9.93 Å². The molecule has 27 heavy (non-hydrogen) atoms. The lowest BCUT2D eigenvalue weighted by Gasteiger charge is -2.15. The van der Waals surface area contributed by atoms with Crippen molar-refractivity contribution in [2.75, 3.05) is 5.32 Å². The number of carbonyl (C=O) groups excluding carboxylic acids is 3. The quantitative estimate of drug-likeness (QED) is 0.707. The van der Waals surface area contributed by atoms with Crippen LogP contribution in [0.2, 0.25) is 0 Å². The van der Waals surface area contributed by atoms with Crippen molar-refractivity contribution >= 4 is 56.1 Å². The van der Waals surface area contributed by atoms with Gasteiger partial charge in [0.15, 0.2) is 5.13 Å². The maximum atomic E-state index is 12.7. The number of anilines is 1. The molecule has 0 saturated carbocycles. The van der Waals surface area contributed by atoms with Gasteiger partial charge in [0.1, 0.15) is 5.25 Å². The molecule has 1 aliphatic heterocycles. The minimum absolute atomic E-state index is 0.0547. The van der Waals surface area contributed by atoms with Crippen LogP contribution < -0.4 is 5.32 Å². The van der Waals surface area contributed by atoms with Gasteiger partial charge in [-0.25, -0.2) is 4.98 Å². The Morgan fingerprint density at radius 1 is 1.15 bits per heavy atom. The molecule has 1 N–H and O–H groups in total. The van der Waals surface area contributed by atoms with Crippen LogP contribution in [0.25, 0.3) is 10.8 Å². The number of hydrogen-bond acceptors (Lipinski definition) is 6. The molecular weight excluding hydrogens is 382 g/mol. The van der Waals surface area contributed by atoms with E-state index in [1.165, 1.54) is 16.2 Å². The van der Waals surface area contributed by atoms with Gasteiger partial charge in [0.2, 0.25) is 11.8 Å². The van der Waals surface area contributed by atoms with Crippen molar-refractivity contribution in [3.63, 3.8) is 0 Å². The predicted molar refractivity (Wildman–Crippen MR) is 107 cm³/mol. The van der Waals surface area contributed by atoms with Crippen LogP contribution in [0.1, 0.15) is 12.0 Å². The molecule has 0 aliphatic carbocycles. The Hall–Kier alpha value is -2.71. The highest BCUT2D eigenvalue weighted by Crippen LogP contribution is 2.32. The maximum Gasteiger partial charge on any atom is 0.289 e. The second kappa shape index (κ2) is 7.50. The summed E-state index contributed by atoms with van der Waals surface area (Å²) >= 11 is 2.21. The molecule has 8 heteroatoms. The van der Waals surface area contributed by atoms with Gasteiger partial charge in [0, 0.05) is 18.0 Å². The zero-order chi connectivity index (χ0) is 18.8. The van der Waals surface area contributed by atoms with Crippen LogP contribution in [0.5, 0.6) is 0 Å². The highest BCUT2D eigenvalue weighted by atomic mass is 32.2. The standard InChI is InChI=1S/C19H15N3O3S2/c23-16(21-18-20-8-9-26-18)10-15-17(24)22(19(25)27-15)11-13-6-3-5-12-4-1-2-7-14(12)13/h1-9,15H,10-11H2,(H,20,21,23)/t15-/m1/s1. The molecule has 2 aromatic carbocycles. The van der Waals surface area contributed by atoms with E-state index in [9.17, 15) is 14.4 Å². The zero-order valence-electron chi connectivity index (χ0n) is 14.1. The summed E-state index contributed by atoms with van der Waals surface area (Å²) in [6.07, 6.45) is 1.53. The van der Waals surface area contributed by atoms with Gasteiger partial charge in [-0.2, -0.15) is 0 Å². The summed E-state index contributed by atoms with van der Waals surface area (Å²) < 4.78 is 0. The van der Waals surface area contributed by atoms with Crippen LogP contribution in [-0.2, 0) is 16.1 Å². The molecule has 0 radical (unpaired) electrons. The zero-order valence-corrected chi connectivity index (χ0v) is 15.8. The van der Waals surface area contributed by atoms with Gasteiger partial charge in [-0.1, -0.05) is 54.2 Å². The minimum atomic E-state index is -0.701. The number of aromatic nitrogens is 1. The minimum Gasteiger partial charge on any atom is -0.302 e. The van der Waals surface area contributed by atoms with E-state index in [-0.39, 0.29) is 30.0 Å². The number of amides is 3. The fraction of sp³-hybridized carbons (Fsp3) is 0.158. The molecule has 0 spiro atoms. The first-order chi connectivity index (χ1) is 13.1. The van der Waals surface area contributed by atoms with E-state index in [1.807, 2.05) is 42.5 Å². The highest BCUT2D eigenvalue weighted by molar-refractivity contribution is 8.15. The monoisotopic (exact) mass is 397 g/mol. The van der Waals surface area contributed by atoms with Crippen molar-refractivity contribution in [3.05, 3.63) is 59.6 Å². The molecule has 0 unspecified atom stereocenters. The fourth-order valence-electron chi connectivity index (χ4n) is 3.00. The topological polar surface area (TPSA) is 79.4 Å². The van der Waals surface area contributed by atoms with Crippen molar-refractivity contribution in [2.24, 2.45) is 0 Å². The second-order valence-electron chi connectivity index (χ2n) is 6.02. The Bertz CT molecular complexity index is 1010. The third-order valence-corrected chi connectivity index (χ3v) is 6.03. The first kappa shape index (κ1) is 17.7. The van der Waals surface area contributed by atoms with E-state index in [4.69, 9.17) is 0 Å². The lowest BCUT2D eigenvalue weighted by atomic mass is 10.0. The smallest absolute Gasteiger partial charge is 0.289 e. The van der Waals surface area contributed by atoms with Crippen LogP contribution >= 0.6 is 23.1 Å². The molecule has 1 atom stereocenters. The molecule has 3 amide bonds. The van der Waals surface area contributed by atoms with Crippen LogP contribution in [0.15, 0.2) is 54.0 Å². The van der Waals surface area contributed by atoms with Crippen LogP contribution in [0, 0.1) is 0 Å². The molecule has 4 rings (SSSR count). The summed E-state index contributed by atoms with van der Waals surface area (Å²) in [5, 5.41) is 5.92. The average Bonchev–Trinajstić information content (AvgIpc) is 3.26. The van der Waals surface area contributed by atoms with Gasteiger partial charge in [0.05, 0.1) is 6.54 Å². The molecule has 1 fully saturated rings. The highest BCUT2D eigenvalue weighted by Gasteiger charge is 2.40. The van der Waals surface area contributed by atoms with Gasteiger partial charge >= 0.3 is 0 Å². The van der Waals surface area contributed by atoms with Crippen molar-refractivity contribution < 1.29 is 14.4 Å². The summed E-state index contributed by atoms with van der Waals surface area (Å²) in [4.78, 5) is 42.4. The van der Waals surface area contributed by atoms with Crippen molar-refractivity contribution in [1.82, 2.24) is 9.88 Å². The molecule has 6 nitrogen and oxygen atoms in total. The average molecular weight is 397 g/mol. The lowest BCUT2D eigenvalue weighted by molar-refractivity contribution is -0.129. The Kier molecular flexibility index (Phi) is 4.91. The Balaban J connectivity index is 1.47. The van der Waals surface area contributed by atoms with E-state index in [0.717, 1.165) is 28.1 Å². The van der Waals surface area contributed by atoms with E-state index >= 15 is 0 Å². The number of nitrogens with one attached hydrogen (secondary N) is 1. The first-order valence-corrected chi connectivity index (χ1v) is 10.1. The number of benzene rings is 2. The summed E-state index contributed by atoms with van der Waals surface area (Å²) in [6, 6.07) is 13.7. The number of thiazole rings is 1. The third-order valence-electron chi connectivity index (χ3n) is 4.26. The summed E-state index contributed by atoms with van der Waals surface area (Å²) in [6.45, 7) is 0.205. The van der Waals surface area contributed by atoms with E-state index in [0.29, 0.717) is 5.13 Å². The molecule has 1 aliphatic rings. The predicted octanol–water partition coefficient (Wildman–Crippen LogP) is 3.89. The third kappa shape index (κ3) is 3.72. The van der Waals surface area contributed by atoms with E-state index < -0.39 is 5.25 Å². The van der Waals surface area contributed by atoms with Crippen molar-refractivity contribution in [1.29, 1.82) is 0 Å². The second-order valence-corrected chi connectivity index (χ2v) is 8.07. The van der Waals surface area contributed by atoms with Gasteiger partial charge in [-0.05, 0) is 16.3 Å². The Morgan fingerprint density at radius 2 is 1.96 bits per heavy atom.